The van der Waals surface area contributed by atoms with E-state index in [-0.39, 0.29) is 5.91 Å². The predicted octanol–water partition coefficient (Wildman–Crippen LogP) is 2.97. The van der Waals surface area contributed by atoms with Gasteiger partial charge in [-0.15, -0.1) is 0 Å². The number of hydrogen-bond acceptors (Lipinski definition) is 3. The zero-order valence-electron chi connectivity index (χ0n) is 14.2. The SMILES string of the molecule is O=C(Cc1coc2cc3c(cc12)CCC3)NCCC1CCCNC1. The molecule has 2 aromatic rings. The van der Waals surface area contributed by atoms with E-state index in [1.807, 2.05) is 0 Å². The Kier molecular flexibility index (Phi) is 4.56. The van der Waals surface area contributed by atoms with Crippen LogP contribution in [0.3, 0.4) is 0 Å². The van der Waals surface area contributed by atoms with Crippen LogP contribution in [0.25, 0.3) is 11.0 Å². The Labute approximate surface area is 143 Å². The van der Waals surface area contributed by atoms with Crippen LogP contribution in [0, 0.1) is 5.92 Å². The van der Waals surface area contributed by atoms with Gasteiger partial charge in [0.1, 0.15) is 5.58 Å². The van der Waals surface area contributed by atoms with Crippen LogP contribution in [0.5, 0.6) is 0 Å². The Morgan fingerprint density at radius 1 is 1.25 bits per heavy atom. The quantitative estimate of drug-likeness (QED) is 0.888. The topological polar surface area (TPSA) is 54.3 Å². The predicted molar refractivity (Wildman–Crippen MR) is 95.2 cm³/mol. The van der Waals surface area contributed by atoms with Crippen LogP contribution in [0.2, 0.25) is 0 Å². The maximum Gasteiger partial charge on any atom is 0.224 e. The van der Waals surface area contributed by atoms with Crippen molar-refractivity contribution in [2.75, 3.05) is 19.6 Å². The molecule has 2 aliphatic rings. The zero-order valence-corrected chi connectivity index (χ0v) is 14.2. The number of furan rings is 1. The Bertz CT molecular complexity index is 729. The van der Waals surface area contributed by atoms with Gasteiger partial charge in [-0.1, -0.05) is 0 Å². The number of benzene rings is 1. The average molecular weight is 326 g/mol. The van der Waals surface area contributed by atoms with Crippen molar-refractivity contribution in [2.24, 2.45) is 5.92 Å². The van der Waals surface area contributed by atoms with Crippen molar-refractivity contribution < 1.29 is 9.21 Å². The molecule has 0 radical (unpaired) electrons. The summed E-state index contributed by atoms with van der Waals surface area (Å²) in [5, 5.41) is 7.61. The second-order valence-corrected chi connectivity index (χ2v) is 7.26. The third-order valence-corrected chi connectivity index (χ3v) is 5.49. The standard InChI is InChI=1S/C20H26N2O2/c23-20(22-8-6-14-3-2-7-21-12-14)11-17-13-24-19-10-16-5-1-4-15(16)9-18(17)19/h9-10,13-14,21H,1-8,11-12H2,(H,22,23). The minimum atomic E-state index is 0.0990. The number of carbonyl (C=O) groups is 1. The lowest BCUT2D eigenvalue weighted by Crippen LogP contribution is -2.33. The smallest absolute Gasteiger partial charge is 0.224 e. The van der Waals surface area contributed by atoms with Gasteiger partial charge in [0.25, 0.3) is 0 Å². The summed E-state index contributed by atoms with van der Waals surface area (Å²) in [4.78, 5) is 12.3. The van der Waals surface area contributed by atoms with E-state index < -0.39 is 0 Å². The van der Waals surface area contributed by atoms with Gasteiger partial charge in [-0.3, -0.25) is 4.79 Å². The summed E-state index contributed by atoms with van der Waals surface area (Å²) in [7, 11) is 0. The highest BCUT2D eigenvalue weighted by molar-refractivity contribution is 5.88. The molecule has 2 N–H and O–H groups in total. The highest BCUT2D eigenvalue weighted by Crippen LogP contribution is 2.30. The molecule has 1 aliphatic heterocycles. The molecule has 1 saturated heterocycles. The first-order valence-corrected chi connectivity index (χ1v) is 9.29. The van der Waals surface area contributed by atoms with E-state index in [0.29, 0.717) is 12.3 Å². The highest BCUT2D eigenvalue weighted by Gasteiger charge is 2.17. The van der Waals surface area contributed by atoms with Crippen LogP contribution in [0.4, 0.5) is 0 Å². The van der Waals surface area contributed by atoms with Crippen LogP contribution in [-0.4, -0.2) is 25.5 Å². The lowest BCUT2D eigenvalue weighted by atomic mass is 9.96. The molecule has 2 heterocycles. The Morgan fingerprint density at radius 2 is 2.12 bits per heavy atom. The molecule has 0 spiro atoms. The van der Waals surface area contributed by atoms with Gasteiger partial charge in [0.2, 0.25) is 5.91 Å². The van der Waals surface area contributed by atoms with E-state index in [0.717, 1.165) is 55.4 Å². The summed E-state index contributed by atoms with van der Waals surface area (Å²) in [6.07, 6.45) is 9.30. The summed E-state index contributed by atoms with van der Waals surface area (Å²) in [5.41, 5.74) is 4.77. The number of hydrogen-bond donors (Lipinski definition) is 2. The van der Waals surface area contributed by atoms with Gasteiger partial charge in [-0.2, -0.15) is 0 Å². The molecular formula is C20H26N2O2. The van der Waals surface area contributed by atoms with Gasteiger partial charge in [0.15, 0.2) is 0 Å². The third-order valence-electron chi connectivity index (χ3n) is 5.49. The summed E-state index contributed by atoms with van der Waals surface area (Å²) in [6, 6.07) is 4.40. The van der Waals surface area contributed by atoms with Crippen molar-refractivity contribution in [2.45, 2.75) is 44.9 Å². The van der Waals surface area contributed by atoms with Crippen molar-refractivity contribution in [3.63, 3.8) is 0 Å². The Hall–Kier alpha value is -1.81. The largest absolute Gasteiger partial charge is 0.464 e. The third kappa shape index (κ3) is 3.34. The average Bonchev–Trinajstić information content (AvgIpc) is 3.20. The number of fused-ring (bicyclic) bond motifs is 2. The first-order chi connectivity index (χ1) is 11.8. The minimum absolute atomic E-state index is 0.0990. The van der Waals surface area contributed by atoms with Gasteiger partial charge in [0, 0.05) is 17.5 Å². The van der Waals surface area contributed by atoms with Crippen molar-refractivity contribution >= 4 is 16.9 Å². The van der Waals surface area contributed by atoms with Crippen molar-refractivity contribution in [1.29, 1.82) is 0 Å². The molecule has 4 heteroatoms. The fraction of sp³-hybridized carbons (Fsp3) is 0.550. The number of nitrogens with one attached hydrogen (secondary N) is 2. The molecule has 1 atom stereocenters. The molecule has 0 bridgehead atoms. The summed E-state index contributed by atoms with van der Waals surface area (Å²) < 4.78 is 5.69. The molecule has 1 unspecified atom stereocenters. The molecule has 1 fully saturated rings. The second-order valence-electron chi connectivity index (χ2n) is 7.26. The molecule has 1 aliphatic carbocycles. The fourth-order valence-corrected chi connectivity index (χ4v) is 4.11. The van der Waals surface area contributed by atoms with E-state index >= 15 is 0 Å². The summed E-state index contributed by atoms with van der Waals surface area (Å²) >= 11 is 0. The highest BCUT2D eigenvalue weighted by atomic mass is 16.3. The summed E-state index contributed by atoms with van der Waals surface area (Å²) in [6.45, 7) is 3.00. The lowest BCUT2D eigenvalue weighted by molar-refractivity contribution is -0.120. The second kappa shape index (κ2) is 6.98. The van der Waals surface area contributed by atoms with Gasteiger partial charge < -0.3 is 15.1 Å². The molecule has 4 rings (SSSR count). The van der Waals surface area contributed by atoms with Crippen LogP contribution >= 0.6 is 0 Å². The van der Waals surface area contributed by atoms with E-state index in [1.165, 1.54) is 30.4 Å². The van der Waals surface area contributed by atoms with Gasteiger partial charge in [0.05, 0.1) is 12.7 Å². The molecule has 128 valence electrons. The van der Waals surface area contributed by atoms with Crippen molar-refractivity contribution in [3.8, 4) is 0 Å². The van der Waals surface area contributed by atoms with Crippen molar-refractivity contribution in [1.82, 2.24) is 10.6 Å². The van der Waals surface area contributed by atoms with Gasteiger partial charge >= 0.3 is 0 Å². The number of amides is 1. The summed E-state index contributed by atoms with van der Waals surface area (Å²) in [5.74, 6) is 0.804. The van der Waals surface area contributed by atoms with E-state index in [2.05, 4.69) is 22.8 Å². The Balaban J connectivity index is 1.34. The van der Waals surface area contributed by atoms with E-state index in [1.54, 1.807) is 6.26 Å². The van der Waals surface area contributed by atoms with Crippen LogP contribution in [0.15, 0.2) is 22.8 Å². The van der Waals surface area contributed by atoms with E-state index in [4.69, 9.17) is 4.42 Å². The molecule has 1 amide bonds. The fourth-order valence-electron chi connectivity index (χ4n) is 4.11. The molecule has 1 aromatic carbocycles. The van der Waals surface area contributed by atoms with Gasteiger partial charge in [-0.25, -0.2) is 0 Å². The maximum atomic E-state index is 12.3. The van der Waals surface area contributed by atoms with Crippen molar-refractivity contribution in [3.05, 3.63) is 35.1 Å². The first kappa shape index (κ1) is 15.7. The zero-order chi connectivity index (χ0) is 16.4. The molecule has 1 aromatic heterocycles. The number of aryl methyl sites for hydroxylation is 2. The molecular weight excluding hydrogens is 300 g/mol. The van der Waals surface area contributed by atoms with Gasteiger partial charge in [-0.05, 0) is 80.8 Å². The monoisotopic (exact) mass is 326 g/mol. The van der Waals surface area contributed by atoms with E-state index in [9.17, 15) is 4.79 Å². The Morgan fingerprint density at radius 3 is 2.96 bits per heavy atom. The molecule has 0 saturated carbocycles. The number of rotatable bonds is 5. The normalized spacial score (nSPS) is 20.2. The number of piperidine rings is 1. The van der Waals surface area contributed by atoms with Crippen LogP contribution in [-0.2, 0) is 24.1 Å². The molecule has 4 nitrogen and oxygen atoms in total. The lowest BCUT2D eigenvalue weighted by Gasteiger charge is -2.22. The first-order valence-electron chi connectivity index (χ1n) is 9.29. The maximum absolute atomic E-state index is 12.3. The minimum Gasteiger partial charge on any atom is -0.464 e. The number of carbonyl (C=O) groups excluding carboxylic acids is 1. The van der Waals surface area contributed by atoms with Crippen LogP contribution < -0.4 is 10.6 Å². The van der Waals surface area contributed by atoms with Crippen LogP contribution in [0.1, 0.15) is 42.4 Å². The molecule has 24 heavy (non-hydrogen) atoms.